The second kappa shape index (κ2) is 7.88. The molecule has 4 aromatic rings. The zero-order chi connectivity index (χ0) is 22.2. The summed E-state index contributed by atoms with van der Waals surface area (Å²) < 4.78 is 38.4. The van der Waals surface area contributed by atoms with Gasteiger partial charge in [0, 0.05) is 23.0 Å². The number of pyridine rings is 2. The predicted molar refractivity (Wildman–Crippen MR) is 114 cm³/mol. The zero-order valence-corrected chi connectivity index (χ0v) is 16.8. The van der Waals surface area contributed by atoms with Crippen LogP contribution < -0.4 is 16.4 Å². The quantitative estimate of drug-likeness (QED) is 0.383. The van der Waals surface area contributed by atoms with Crippen LogP contribution in [0.15, 0.2) is 48.9 Å². The minimum Gasteiger partial charge on any atom is -0.393 e. The van der Waals surface area contributed by atoms with Crippen molar-refractivity contribution in [2.24, 2.45) is 0 Å². The Bertz CT molecular complexity index is 1280. The van der Waals surface area contributed by atoms with Crippen molar-refractivity contribution in [1.82, 2.24) is 19.9 Å². The molecule has 4 N–H and O–H groups in total. The first-order valence-corrected chi connectivity index (χ1v) is 9.34. The molecule has 3 aromatic heterocycles. The van der Waals surface area contributed by atoms with Crippen molar-refractivity contribution in [3.05, 3.63) is 65.2 Å². The SMILES string of the molecule is Cc1ccc2c(Nc3ncnc(Nc4ncc(C(F)(F)F)cc4Cl)c3N)cccc2n1. The molecule has 0 aliphatic rings. The summed E-state index contributed by atoms with van der Waals surface area (Å²) in [4.78, 5) is 16.4. The third-order valence-electron chi connectivity index (χ3n) is 4.41. The number of benzene rings is 1. The summed E-state index contributed by atoms with van der Waals surface area (Å²) in [6, 6.07) is 10.2. The summed E-state index contributed by atoms with van der Waals surface area (Å²) in [5.74, 6) is 0.422. The Balaban J connectivity index is 1.64. The molecule has 0 saturated carbocycles. The Morgan fingerprint density at radius 2 is 1.71 bits per heavy atom. The van der Waals surface area contributed by atoms with E-state index >= 15 is 0 Å². The van der Waals surface area contributed by atoms with Crippen LogP contribution in [0.1, 0.15) is 11.3 Å². The molecule has 0 aliphatic heterocycles. The Morgan fingerprint density at radius 3 is 2.42 bits per heavy atom. The number of halogens is 4. The summed E-state index contributed by atoms with van der Waals surface area (Å²) in [6.45, 7) is 1.90. The van der Waals surface area contributed by atoms with Gasteiger partial charge in [0.15, 0.2) is 11.6 Å². The van der Waals surface area contributed by atoms with Crippen molar-refractivity contribution in [1.29, 1.82) is 0 Å². The van der Waals surface area contributed by atoms with E-state index in [0.29, 0.717) is 12.0 Å². The Labute approximate surface area is 179 Å². The maximum absolute atomic E-state index is 12.8. The molecule has 0 radical (unpaired) electrons. The Kier molecular flexibility index (Phi) is 5.24. The monoisotopic (exact) mass is 445 g/mol. The largest absolute Gasteiger partial charge is 0.417 e. The molecule has 0 fully saturated rings. The molecule has 0 bridgehead atoms. The van der Waals surface area contributed by atoms with E-state index in [0.717, 1.165) is 28.4 Å². The average molecular weight is 446 g/mol. The van der Waals surface area contributed by atoms with Gasteiger partial charge in [0.2, 0.25) is 0 Å². The Hall–Kier alpha value is -3.66. The van der Waals surface area contributed by atoms with Gasteiger partial charge in [-0.15, -0.1) is 0 Å². The van der Waals surface area contributed by atoms with Gasteiger partial charge in [-0.05, 0) is 37.3 Å². The molecule has 11 heteroatoms. The molecule has 4 rings (SSSR count). The molecule has 31 heavy (non-hydrogen) atoms. The molecule has 0 amide bonds. The predicted octanol–water partition coefficient (Wildman–Crippen LogP) is 5.47. The molecule has 3 heterocycles. The normalized spacial score (nSPS) is 11.5. The molecular formula is C20H15ClF3N7. The maximum atomic E-state index is 12.8. The number of nitrogens with one attached hydrogen (secondary N) is 2. The topological polar surface area (TPSA) is 102 Å². The highest BCUT2D eigenvalue weighted by molar-refractivity contribution is 6.33. The number of nitrogens with two attached hydrogens (primary N) is 1. The molecule has 0 atom stereocenters. The van der Waals surface area contributed by atoms with Crippen molar-refractivity contribution in [2.75, 3.05) is 16.4 Å². The third kappa shape index (κ3) is 4.29. The summed E-state index contributed by atoms with van der Waals surface area (Å²) >= 11 is 5.95. The van der Waals surface area contributed by atoms with Crippen LogP contribution in [0, 0.1) is 6.92 Å². The molecule has 0 aliphatic carbocycles. The van der Waals surface area contributed by atoms with E-state index in [1.54, 1.807) is 0 Å². The second-order valence-corrected chi connectivity index (χ2v) is 7.02. The summed E-state index contributed by atoms with van der Waals surface area (Å²) in [5, 5.41) is 6.54. The smallest absolute Gasteiger partial charge is 0.393 e. The van der Waals surface area contributed by atoms with E-state index in [1.807, 2.05) is 37.3 Å². The van der Waals surface area contributed by atoms with Gasteiger partial charge in [-0.2, -0.15) is 13.2 Å². The fourth-order valence-corrected chi connectivity index (χ4v) is 3.10. The van der Waals surface area contributed by atoms with Crippen molar-refractivity contribution < 1.29 is 13.2 Å². The van der Waals surface area contributed by atoms with Crippen molar-refractivity contribution in [2.45, 2.75) is 13.1 Å². The highest BCUT2D eigenvalue weighted by Crippen LogP contribution is 2.35. The van der Waals surface area contributed by atoms with Gasteiger partial charge in [0.1, 0.15) is 17.8 Å². The average Bonchev–Trinajstić information content (AvgIpc) is 2.71. The maximum Gasteiger partial charge on any atom is 0.417 e. The Morgan fingerprint density at radius 1 is 0.968 bits per heavy atom. The molecule has 158 valence electrons. The van der Waals surface area contributed by atoms with Gasteiger partial charge in [0.05, 0.1) is 16.1 Å². The van der Waals surface area contributed by atoms with Crippen molar-refractivity contribution in [3.8, 4) is 0 Å². The van der Waals surface area contributed by atoms with Crippen LogP contribution in [-0.4, -0.2) is 19.9 Å². The first kappa shape index (κ1) is 20.6. The van der Waals surface area contributed by atoms with Gasteiger partial charge < -0.3 is 16.4 Å². The minimum atomic E-state index is -4.55. The van der Waals surface area contributed by atoms with Crippen LogP contribution in [0.2, 0.25) is 5.02 Å². The van der Waals surface area contributed by atoms with Crippen LogP contribution in [0.5, 0.6) is 0 Å². The molecule has 0 saturated heterocycles. The lowest BCUT2D eigenvalue weighted by Gasteiger charge is -2.14. The van der Waals surface area contributed by atoms with Gasteiger partial charge in [0.25, 0.3) is 0 Å². The van der Waals surface area contributed by atoms with E-state index in [9.17, 15) is 13.2 Å². The van der Waals surface area contributed by atoms with Crippen LogP contribution in [0.4, 0.5) is 42.0 Å². The van der Waals surface area contributed by atoms with Crippen LogP contribution in [0.25, 0.3) is 10.9 Å². The molecule has 7 nitrogen and oxygen atoms in total. The van der Waals surface area contributed by atoms with Crippen LogP contribution in [0.3, 0.4) is 0 Å². The standard InChI is InChI=1S/C20H15ClF3N7/c1-10-5-6-12-14(29-10)3-2-4-15(12)30-18-16(25)19(28-9-27-18)31-17-13(21)7-11(8-26-17)20(22,23)24/h2-9H,25H2,1H3,(H2,26,27,28,30,31). The molecule has 1 aromatic carbocycles. The highest BCUT2D eigenvalue weighted by atomic mass is 35.5. The molecular weight excluding hydrogens is 431 g/mol. The van der Waals surface area contributed by atoms with Crippen LogP contribution >= 0.6 is 11.6 Å². The number of nitrogen functional groups attached to an aromatic ring is 1. The summed E-state index contributed by atoms with van der Waals surface area (Å²) in [5.41, 5.74) is 7.78. The third-order valence-corrected chi connectivity index (χ3v) is 4.70. The van der Waals surface area contributed by atoms with E-state index in [2.05, 4.69) is 30.6 Å². The van der Waals surface area contributed by atoms with Crippen LogP contribution in [-0.2, 0) is 6.18 Å². The van der Waals surface area contributed by atoms with Crippen molar-refractivity contribution >= 4 is 51.3 Å². The van der Waals surface area contributed by atoms with Gasteiger partial charge in [-0.3, -0.25) is 4.98 Å². The van der Waals surface area contributed by atoms with Gasteiger partial charge in [-0.25, -0.2) is 15.0 Å². The van der Waals surface area contributed by atoms with E-state index in [4.69, 9.17) is 17.3 Å². The highest BCUT2D eigenvalue weighted by Gasteiger charge is 2.31. The number of aromatic nitrogens is 4. The lowest BCUT2D eigenvalue weighted by Crippen LogP contribution is -2.08. The number of hydrogen-bond donors (Lipinski definition) is 3. The molecule has 0 unspecified atom stereocenters. The molecule has 0 spiro atoms. The number of aryl methyl sites for hydroxylation is 1. The number of hydrogen-bond acceptors (Lipinski definition) is 7. The lowest BCUT2D eigenvalue weighted by molar-refractivity contribution is -0.137. The first-order valence-electron chi connectivity index (χ1n) is 8.96. The number of anilines is 5. The second-order valence-electron chi connectivity index (χ2n) is 6.61. The lowest BCUT2D eigenvalue weighted by atomic mass is 10.1. The number of fused-ring (bicyclic) bond motifs is 1. The number of alkyl halides is 3. The number of nitrogens with zero attached hydrogens (tertiary/aromatic N) is 4. The van der Waals surface area contributed by atoms with Crippen molar-refractivity contribution in [3.63, 3.8) is 0 Å². The fraction of sp³-hybridized carbons (Fsp3) is 0.100. The van der Waals surface area contributed by atoms with Gasteiger partial charge in [-0.1, -0.05) is 17.7 Å². The fourth-order valence-electron chi connectivity index (χ4n) is 2.89. The first-order chi connectivity index (χ1) is 14.7. The summed E-state index contributed by atoms with van der Waals surface area (Å²) in [6.07, 6.45) is -2.62. The van der Waals surface area contributed by atoms with Gasteiger partial charge >= 0.3 is 6.18 Å². The van der Waals surface area contributed by atoms with E-state index in [1.165, 1.54) is 6.33 Å². The summed E-state index contributed by atoms with van der Waals surface area (Å²) in [7, 11) is 0. The minimum absolute atomic E-state index is 0.0177. The zero-order valence-electron chi connectivity index (χ0n) is 16.0. The number of rotatable bonds is 4. The van der Waals surface area contributed by atoms with E-state index < -0.39 is 11.7 Å². The van der Waals surface area contributed by atoms with E-state index in [-0.39, 0.29) is 22.3 Å².